The molecule has 0 aliphatic carbocycles. The highest BCUT2D eigenvalue weighted by Crippen LogP contribution is 2.23. The van der Waals surface area contributed by atoms with Crippen LogP contribution in [-0.2, 0) is 36.6 Å². The van der Waals surface area contributed by atoms with Crippen LogP contribution in [0.15, 0.2) is 54.6 Å². The molecule has 0 aliphatic heterocycles. The summed E-state index contributed by atoms with van der Waals surface area (Å²) >= 11 is 0. The molecule has 0 aliphatic rings. The van der Waals surface area contributed by atoms with Crippen LogP contribution in [0.4, 0.5) is 4.79 Å². The van der Waals surface area contributed by atoms with Gasteiger partial charge in [-0.05, 0) is 118 Å². The number of alkyl carbamates (subject to hydrolysis) is 1. The summed E-state index contributed by atoms with van der Waals surface area (Å²) in [6.45, 7) is 16.5. The average Bonchev–Trinajstić information content (AvgIpc) is 2.86. The van der Waals surface area contributed by atoms with E-state index < -0.39 is 46.8 Å². The van der Waals surface area contributed by atoms with Crippen molar-refractivity contribution in [1.82, 2.24) is 5.32 Å². The first-order chi connectivity index (χ1) is 19.9. The van der Waals surface area contributed by atoms with E-state index in [1.165, 1.54) is 5.56 Å². The number of nitrogens with one attached hydrogen (secondary N) is 1. The normalized spacial score (nSPS) is 13.4. The van der Waals surface area contributed by atoms with Crippen LogP contribution in [0, 0.1) is 5.92 Å². The van der Waals surface area contributed by atoms with E-state index in [0.717, 1.165) is 30.6 Å². The van der Waals surface area contributed by atoms with E-state index in [-0.39, 0.29) is 6.42 Å². The molecule has 2 atom stereocenters. The summed E-state index contributed by atoms with van der Waals surface area (Å²) in [5.74, 6) is -0.928. The zero-order chi connectivity index (χ0) is 32.3. The van der Waals surface area contributed by atoms with Crippen molar-refractivity contribution in [3.05, 3.63) is 65.7 Å². The van der Waals surface area contributed by atoms with Crippen molar-refractivity contribution < 1.29 is 33.3 Å². The molecule has 2 rings (SSSR count). The standard InChI is InChI=1S/C35H51NO7/c1-33(2,3)41-30(37)27(24-29(31(38)42-34(4,5)6)36-32(39)43-35(7,8)9)23-26-20-18-25(19-21-26)15-13-14-22-40-28-16-11-10-12-17-28/h10-12,16-21,27,29H,13-15,22-24H2,1-9H3,(H,36,39)/t27-,29-/m0/s1. The second-order valence-electron chi connectivity index (χ2n) is 13.8. The Labute approximate surface area is 257 Å². The van der Waals surface area contributed by atoms with Gasteiger partial charge in [-0.15, -0.1) is 0 Å². The maximum absolute atomic E-state index is 13.4. The first-order valence-corrected chi connectivity index (χ1v) is 15.1. The van der Waals surface area contributed by atoms with Gasteiger partial charge in [-0.3, -0.25) is 4.79 Å². The molecule has 0 fully saturated rings. The fraction of sp³-hybridized carbons (Fsp3) is 0.571. The monoisotopic (exact) mass is 597 g/mol. The van der Waals surface area contributed by atoms with Gasteiger partial charge in [0.2, 0.25) is 0 Å². The van der Waals surface area contributed by atoms with E-state index in [1.54, 1.807) is 62.3 Å². The molecule has 0 aromatic heterocycles. The third-order valence-electron chi connectivity index (χ3n) is 6.02. The molecule has 43 heavy (non-hydrogen) atoms. The summed E-state index contributed by atoms with van der Waals surface area (Å²) in [6, 6.07) is 16.8. The lowest BCUT2D eigenvalue weighted by molar-refractivity contribution is -0.162. The van der Waals surface area contributed by atoms with Gasteiger partial charge >= 0.3 is 18.0 Å². The molecule has 0 bridgehead atoms. The summed E-state index contributed by atoms with van der Waals surface area (Å²) < 4.78 is 22.5. The Bertz CT molecular complexity index is 1160. The topological polar surface area (TPSA) is 100 Å². The fourth-order valence-electron chi connectivity index (χ4n) is 4.23. The Balaban J connectivity index is 2.12. The van der Waals surface area contributed by atoms with Crippen LogP contribution in [0.3, 0.4) is 0 Å². The van der Waals surface area contributed by atoms with Crippen LogP contribution in [0.1, 0.15) is 92.7 Å². The van der Waals surface area contributed by atoms with Gasteiger partial charge in [-0.2, -0.15) is 0 Å². The molecule has 1 N–H and O–H groups in total. The summed E-state index contributed by atoms with van der Waals surface area (Å²) in [7, 11) is 0. The number of unbranched alkanes of at least 4 members (excludes halogenated alkanes) is 1. The van der Waals surface area contributed by atoms with Crippen LogP contribution in [-0.4, -0.2) is 47.5 Å². The number of benzene rings is 2. The maximum atomic E-state index is 13.4. The van der Waals surface area contributed by atoms with Gasteiger partial charge in [-0.25, -0.2) is 9.59 Å². The van der Waals surface area contributed by atoms with Crippen molar-refractivity contribution in [2.75, 3.05) is 6.61 Å². The Kier molecular flexibility index (Phi) is 13.1. The predicted molar refractivity (Wildman–Crippen MR) is 168 cm³/mol. The highest BCUT2D eigenvalue weighted by molar-refractivity contribution is 5.83. The Morgan fingerprint density at radius 1 is 0.674 bits per heavy atom. The molecule has 8 nitrogen and oxygen atoms in total. The molecular weight excluding hydrogens is 546 g/mol. The number of hydrogen-bond donors (Lipinski definition) is 1. The summed E-state index contributed by atoms with van der Waals surface area (Å²) in [4.78, 5) is 39.2. The first-order valence-electron chi connectivity index (χ1n) is 15.1. The minimum atomic E-state index is -1.11. The van der Waals surface area contributed by atoms with E-state index >= 15 is 0 Å². The van der Waals surface area contributed by atoms with Gasteiger partial charge in [0, 0.05) is 0 Å². The van der Waals surface area contributed by atoms with Crippen LogP contribution < -0.4 is 10.1 Å². The number of carbonyl (C=O) groups excluding carboxylic acids is 3. The molecule has 0 saturated carbocycles. The second-order valence-corrected chi connectivity index (χ2v) is 13.8. The molecule has 238 valence electrons. The minimum absolute atomic E-state index is 0.00770. The molecular formula is C35H51NO7. The number of carbonyl (C=O) groups is 3. The van der Waals surface area contributed by atoms with Gasteiger partial charge in [0.1, 0.15) is 28.6 Å². The first kappa shape index (κ1) is 35.6. The van der Waals surface area contributed by atoms with Crippen molar-refractivity contribution in [2.24, 2.45) is 5.92 Å². The molecule has 8 heteroatoms. The van der Waals surface area contributed by atoms with Crippen molar-refractivity contribution >= 4 is 18.0 Å². The SMILES string of the molecule is CC(C)(C)OC(=O)N[C@@H](C[C@H](Cc1ccc(CCCCOc2ccccc2)cc1)C(=O)OC(C)(C)C)C(=O)OC(C)(C)C. The minimum Gasteiger partial charge on any atom is -0.494 e. The molecule has 2 aromatic rings. The van der Waals surface area contributed by atoms with Crippen LogP contribution in [0.5, 0.6) is 5.75 Å². The van der Waals surface area contributed by atoms with Crippen LogP contribution >= 0.6 is 0 Å². The third kappa shape index (κ3) is 15.5. The van der Waals surface area contributed by atoms with Crippen molar-refractivity contribution in [2.45, 2.75) is 117 Å². The van der Waals surface area contributed by atoms with E-state index in [9.17, 15) is 14.4 Å². The van der Waals surface area contributed by atoms with Gasteiger partial charge in [0.05, 0.1) is 12.5 Å². The van der Waals surface area contributed by atoms with Crippen LogP contribution in [0.2, 0.25) is 0 Å². The number of ether oxygens (including phenoxy) is 4. The van der Waals surface area contributed by atoms with Crippen molar-refractivity contribution in [3.8, 4) is 5.75 Å². The highest BCUT2D eigenvalue weighted by atomic mass is 16.6. The number of hydrogen-bond acceptors (Lipinski definition) is 7. The molecule has 2 aromatic carbocycles. The number of esters is 2. The Morgan fingerprint density at radius 3 is 1.77 bits per heavy atom. The Morgan fingerprint density at radius 2 is 1.21 bits per heavy atom. The lowest BCUT2D eigenvalue weighted by Crippen LogP contribution is -2.48. The molecule has 0 unspecified atom stereocenters. The van der Waals surface area contributed by atoms with E-state index in [1.807, 2.05) is 42.5 Å². The van der Waals surface area contributed by atoms with Gasteiger partial charge in [0.25, 0.3) is 0 Å². The second kappa shape index (κ2) is 15.8. The van der Waals surface area contributed by atoms with Gasteiger partial charge in [-0.1, -0.05) is 42.5 Å². The average molecular weight is 598 g/mol. The largest absolute Gasteiger partial charge is 0.494 e. The van der Waals surface area contributed by atoms with Crippen LogP contribution in [0.25, 0.3) is 0 Å². The molecule has 0 heterocycles. The number of amides is 1. The van der Waals surface area contributed by atoms with Crippen molar-refractivity contribution in [3.63, 3.8) is 0 Å². The van der Waals surface area contributed by atoms with Gasteiger partial charge in [0.15, 0.2) is 0 Å². The smallest absolute Gasteiger partial charge is 0.408 e. The number of rotatable bonds is 13. The summed E-state index contributed by atoms with van der Waals surface area (Å²) in [5, 5.41) is 2.63. The summed E-state index contributed by atoms with van der Waals surface area (Å²) in [6.07, 6.45) is 2.40. The zero-order valence-electron chi connectivity index (χ0n) is 27.5. The molecule has 0 spiro atoms. The lowest BCUT2D eigenvalue weighted by atomic mass is 9.91. The van der Waals surface area contributed by atoms with Crippen molar-refractivity contribution in [1.29, 1.82) is 0 Å². The maximum Gasteiger partial charge on any atom is 0.408 e. The number of aryl methyl sites for hydroxylation is 1. The predicted octanol–water partition coefficient (Wildman–Crippen LogP) is 7.21. The quantitative estimate of drug-likeness (QED) is 0.148. The molecule has 0 saturated heterocycles. The van der Waals surface area contributed by atoms with E-state index in [2.05, 4.69) is 17.4 Å². The molecule has 1 amide bonds. The Hall–Kier alpha value is -3.55. The molecule has 0 radical (unpaired) electrons. The highest BCUT2D eigenvalue weighted by Gasteiger charge is 2.35. The fourth-order valence-corrected chi connectivity index (χ4v) is 4.23. The van der Waals surface area contributed by atoms with E-state index in [0.29, 0.717) is 13.0 Å². The number of para-hydroxylation sites is 1. The lowest BCUT2D eigenvalue weighted by Gasteiger charge is -2.29. The van der Waals surface area contributed by atoms with Gasteiger partial charge < -0.3 is 24.3 Å². The zero-order valence-corrected chi connectivity index (χ0v) is 27.5. The van der Waals surface area contributed by atoms with E-state index in [4.69, 9.17) is 18.9 Å². The summed E-state index contributed by atoms with van der Waals surface area (Å²) in [5.41, 5.74) is -0.147. The third-order valence-corrected chi connectivity index (χ3v) is 6.02.